The highest BCUT2D eigenvalue weighted by molar-refractivity contribution is 5.75. The van der Waals surface area contributed by atoms with Gasteiger partial charge in [-0.15, -0.1) is 0 Å². The lowest BCUT2D eigenvalue weighted by Crippen LogP contribution is -2.25. The van der Waals surface area contributed by atoms with E-state index in [0.717, 1.165) is 25.9 Å². The Kier molecular flexibility index (Phi) is 10.1. The van der Waals surface area contributed by atoms with Gasteiger partial charge in [-0.05, 0) is 26.4 Å². The molecule has 0 unspecified atom stereocenters. The number of hydrogen-bond donors (Lipinski definition) is 2. The fourth-order valence-electron chi connectivity index (χ4n) is 1.29. The number of unbranched alkanes of at least 4 members (excludes halogenated alkanes) is 3. The van der Waals surface area contributed by atoms with Gasteiger partial charge in [-0.1, -0.05) is 26.2 Å². The van der Waals surface area contributed by atoms with Crippen molar-refractivity contribution in [3.8, 4) is 0 Å². The van der Waals surface area contributed by atoms with Crippen LogP contribution in [0.15, 0.2) is 0 Å². The van der Waals surface area contributed by atoms with Crippen LogP contribution >= 0.6 is 0 Å². The SMILES string of the molecule is CCCCCCNC(=O)CCCNC. The van der Waals surface area contributed by atoms with Gasteiger partial charge >= 0.3 is 0 Å². The predicted molar refractivity (Wildman–Crippen MR) is 60.3 cm³/mol. The maximum absolute atomic E-state index is 11.2. The van der Waals surface area contributed by atoms with E-state index >= 15 is 0 Å². The molecule has 0 saturated carbocycles. The van der Waals surface area contributed by atoms with Gasteiger partial charge < -0.3 is 10.6 Å². The average Bonchev–Trinajstić information content (AvgIpc) is 2.18. The number of hydrogen-bond acceptors (Lipinski definition) is 2. The number of rotatable bonds is 9. The summed E-state index contributed by atoms with van der Waals surface area (Å²) in [4.78, 5) is 11.2. The summed E-state index contributed by atoms with van der Waals surface area (Å²) in [7, 11) is 1.91. The Bertz CT molecular complexity index is 137. The zero-order valence-corrected chi connectivity index (χ0v) is 9.57. The minimum atomic E-state index is 0.191. The zero-order valence-electron chi connectivity index (χ0n) is 9.57. The van der Waals surface area contributed by atoms with Gasteiger partial charge in [-0.3, -0.25) is 4.79 Å². The third-order valence-electron chi connectivity index (χ3n) is 2.18. The van der Waals surface area contributed by atoms with Crippen LogP contribution in [0.3, 0.4) is 0 Å². The van der Waals surface area contributed by atoms with Crippen molar-refractivity contribution in [2.24, 2.45) is 0 Å². The van der Waals surface area contributed by atoms with E-state index < -0.39 is 0 Å². The molecule has 0 fully saturated rings. The van der Waals surface area contributed by atoms with Gasteiger partial charge in [0.15, 0.2) is 0 Å². The van der Waals surface area contributed by atoms with Crippen molar-refractivity contribution >= 4 is 5.91 Å². The summed E-state index contributed by atoms with van der Waals surface area (Å²) in [6.07, 6.45) is 6.44. The Hall–Kier alpha value is -0.570. The molecule has 2 N–H and O–H groups in total. The highest BCUT2D eigenvalue weighted by atomic mass is 16.1. The van der Waals surface area contributed by atoms with Crippen LogP contribution in [0.5, 0.6) is 0 Å². The van der Waals surface area contributed by atoms with Gasteiger partial charge in [0.2, 0.25) is 5.91 Å². The largest absolute Gasteiger partial charge is 0.356 e. The lowest BCUT2D eigenvalue weighted by Gasteiger charge is -2.04. The first kappa shape index (κ1) is 13.4. The highest BCUT2D eigenvalue weighted by Gasteiger charge is 1.98. The molecule has 0 aromatic heterocycles. The molecule has 0 rings (SSSR count). The molecule has 0 aromatic carbocycles. The van der Waals surface area contributed by atoms with Gasteiger partial charge in [0.25, 0.3) is 0 Å². The van der Waals surface area contributed by atoms with E-state index in [4.69, 9.17) is 0 Å². The molecule has 0 aliphatic rings. The molecular weight excluding hydrogens is 176 g/mol. The summed E-state index contributed by atoms with van der Waals surface area (Å²) in [6.45, 7) is 3.96. The van der Waals surface area contributed by atoms with Crippen molar-refractivity contribution in [3.05, 3.63) is 0 Å². The molecule has 3 heteroatoms. The minimum Gasteiger partial charge on any atom is -0.356 e. The van der Waals surface area contributed by atoms with Gasteiger partial charge in [-0.25, -0.2) is 0 Å². The van der Waals surface area contributed by atoms with Crippen molar-refractivity contribution < 1.29 is 4.79 Å². The molecule has 0 heterocycles. The lowest BCUT2D eigenvalue weighted by atomic mass is 10.2. The highest BCUT2D eigenvalue weighted by Crippen LogP contribution is 1.97. The number of amides is 1. The van der Waals surface area contributed by atoms with Crippen LogP contribution in [0.4, 0.5) is 0 Å². The van der Waals surface area contributed by atoms with E-state index in [1.54, 1.807) is 0 Å². The van der Waals surface area contributed by atoms with E-state index in [1.165, 1.54) is 19.3 Å². The first-order valence-corrected chi connectivity index (χ1v) is 5.72. The quantitative estimate of drug-likeness (QED) is 0.556. The van der Waals surface area contributed by atoms with Crippen LogP contribution in [0.25, 0.3) is 0 Å². The van der Waals surface area contributed by atoms with Crippen LogP contribution in [-0.4, -0.2) is 26.0 Å². The first-order valence-electron chi connectivity index (χ1n) is 5.72. The Morgan fingerprint density at radius 1 is 1.07 bits per heavy atom. The van der Waals surface area contributed by atoms with Crippen molar-refractivity contribution in [2.45, 2.75) is 45.4 Å². The van der Waals surface area contributed by atoms with Gasteiger partial charge in [0.05, 0.1) is 0 Å². The second-order valence-electron chi connectivity index (χ2n) is 3.62. The second kappa shape index (κ2) is 10.5. The van der Waals surface area contributed by atoms with E-state index in [0.29, 0.717) is 6.42 Å². The molecule has 0 radical (unpaired) electrons. The Morgan fingerprint density at radius 2 is 1.86 bits per heavy atom. The second-order valence-corrected chi connectivity index (χ2v) is 3.62. The van der Waals surface area contributed by atoms with Gasteiger partial charge in [0, 0.05) is 13.0 Å². The molecule has 3 nitrogen and oxygen atoms in total. The van der Waals surface area contributed by atoms with E-state index in [-0.39, 0.29) is 5.91 Å². The maximum Gasteiger partial charge on any atom is 0.220 e. The smallest absolute Gasteiger partial charge is 0.220 e. The fraction of sp³-hybridized carbons (Fsp3) is 0.909. The van der Waals surface area contributed by atoms with Gasteiger partial charge in [0.1, 0.15) is 0 Å². The average molecular weight is 200 g/mol. The molecule has 0 aliphatic carbocycles. The van der Waals surface area contributed by atoms with E-state index in [1.807, 2.05) is 7.05 Å². The number of carbonyl (C=O) groups excluding carboxylic acids is 1. The van der Waals surface area contributed by atoms with Crippen LogP contribution in [0.1, 0.15) is 45.4 Å². The molecule has 0 atom stereocenters. The Labute approximate surface area is 87.6 Å². The third-order valence-corrected chi connectivity index (χ3v) is 2.18. The summed E-state index contributed by atoms with van der Waals surface area (Å²) in [5.41, 5.74) is 0. The summed E-state index contributed by atoms with van der Waals surface area (Å²) >= 11 is 0. The summed E-state index contributed by atoms with van der Waals surface area (Å²) in [5.74, 6) is 0.191. The first-order chi connectivity index (χ1) is 6.81. The monoisotopic (exact) mass is 200 g/mol. The molecule has 0 aromatic rings. The normalized spacial score (nSPS) is 10.1. The van der Waals surface area contributed by atoms with E-state index in [2.05, 4.69) is 17.6 Å². The summed E-state index contributed by atoms with van der Waals surface area (Å²) in [6, 6.07) is 0. The summed E-state index contributed by atoms with van der Waals surface area (Å²) in [5, 5.41) is 5.96. The topological polar surface area (TPSA) is 41.1 Å². The van der Waals surface area contributed by atoms with Crippen molar-refractivity contribution in [2.75, 3.05) is 20.1 Å². The molecule has 14 heavy (non-hydrogen) atoms. The zero-order chi connectivity index (χ0) is 10.6. The number of nitrogens with one attached hydrogen (secondary N) is 2. The minimum absolute atomic E-state index is 0.191. The molecule has 1 amide bonds. The van der Waals surface area contributed by atoms with Crippen LogP contribution in [0.2, 0.25) is 0 Å². The molecule has 84 valence electrons. The molecular formula is C11H24N2O. The molecule has 0 aliphatic heterocycles. The fourth-order valence-corrected chi connectivity index (χ4v) is 1.29. The summed E-state index contributed by atoms with van der Waals surface area (Å²) < 4.78 is 0. The van der Waals surface area contributed by atoms with Gasteiger partial charge in [-0.2, -0.15) is 0 Å². The Balaban J connectivity index is 3.10. The van der Waals surface area contributed by atoms with Crippen LogP contribution in [-0.2, 0) is 4.79 Å². The molecule has 0 bridgehead atoms. The van der Waals surface area contributed by atoms with Crippen molar-refractivity contribution in [1.82, 2.24) is 10.6 Å². The standard InChI is InChI=1S/C11H24N2O/c1-3-4-5-6-10-13-11(14)8-7-9-12-2/h12H,3-10H2,1-2H3,(H,13,14). The lowest BCUT2D eigenvalue weighted by molar-refractivity contribution is -0.121. The van der Waals surface area contributed by atoms with E-state index in [9.17, 15) is 4.79 Å². The van der Waals surface area contributed by atoms with Crippen molar-refractivity contribution in [3.63, 3.8) is 0 Å². The Morgan fingerprint density at radius 3 is 2.50 bits per heavy atom. The molecule has 0 spiro atoms. The van der Waals surface area contributed by atoms with Crippen molar-refractivity contribution in [1.29, 1.82) is 0 Å². The predicted octanol–water partition coefficient (Wildman–Crippen LogP) is 1.68. The number of carbonyl (C=O) groups is 1. The third kappa shape index (κ3) is 9.52. The maximum atomic E-state index is 11.2. The molecule has 0 saturated heterocycles. The van der Waals surface area contributed by atoms with Crippen LogP contribution in [0, 0.1) is 0 Å². The van der Waals surface area contributed by atoms with Crippen LogP contribution < -0.4 is 10.6 Å².